The number of ketones is 1. The van der Waals surface area contributed by atoms with Crippen LogP contribution in [0.1, 0.15) is 48.7 Å². The van der Waals surface area contributed by atoms with Crippen LogP contribution in [0, 0.1) is 0 Å². The summed E-state index contributed by atoms with van der Waals surface area (Å²) in [5.74, 6) is -0.382. The van der Waals surface area contributed by atoms with E-state index in [4.69, 9.17) is 9.47 Å². The molecular weight excluding hydrogens is 324 g/mol. The van der Waals surface area contributed by atoms with Crippen molar-refractivity contribution in [1.82, 2.24) is 0 Å². The molecule has 3 N–H and O–H groups in total. The average Bonchev–Trinajstić information content (AvgIpc) is 2.57. The zero-order chi connectivity index (χ0) is 18.6. The number of Topliss-reactive ketones (excluding diaryl/α,β-unsaturated/α-hetero) is 1. The lowest BCUT2D eigenvalue weighted by molar-refractivity contribution is 0.0844. The molecular formula is C19H22O6. The maximum absolute atomic E-state index is 12.2. The van der Waals surface area contributed by atoms with Gasteiger partial charge in [-0.05, 0) is 17.7 Å². The van der Waals surface area contributed by atoms with Crippen molar-refractivity contribution in [3.8, 4) is 28.7 Å². The fourth-order valence-corrected chi connectivity index (χ4v) is 2.46. The van der Waals surface area contributed by atoms with Gasteiger partial charge in [-0.25, -0.2) is 0 Å². The molecule has 6 heteroatoms. The topological polar surface area (TPSA) is 96.2 Å². The second kappa shape index (κ2) is 7.79. The summed E-state index contributed by atoms with van der Waals surface area (Å²) < 4.78 is 10.8. The SMILES string of the molecule is CCC.COc1cc(O)c2c(c1)OC(c1ccc(O)c(O)c1)CC2=O. The van der Waals surface area contributed by atoms with E-state index in [1.807, 2.05) is 0 Å². The second-order valence-corrected chi connectivity index (χ2v) is 5.71. The molecule has 6 nitrogen and oxygen atoms in total. The number of fused-ring (bicyclic) bond motifs is 1. The smallest absolute Gasteiger partial charge is 0.174 e. The highest BCUT2D eigenvalue weighted by atomic mass is 16.5. The van der Waals surface area contributed by atoms with Crippen molar-refractivity contribution in [3.63, 3.8) is 0 Å². The number of phenols is 3. The van der Waals surface area contributed by atoms with Crippen molar-refractivity contribution in [3.05, 3.63) is 41.5 Å². The van der Waals surface area contributed by atoms with Crippen molar-refractivity contribution in [2.75, 3.05) is 7.11 Å². The van der Waals surface area contributed by atoms with Crippen molar-refractivity contribution < 1.29 is 29.6 Å². The zero-order valence-corrected chi connectivity index (χ0v) is 14.4. The van der Waals surface area contributed by atoms with Crippen LogP contribution in [0.15, 0.2) is 30.3 Å². The molecule has 0 aromatic heterocycles. The van der Waals surface area contributed by atoms with E-state index in [2.05, 4.69) is 13.8 Å². The summed E-state index contributed by atoms with van der Waals surface area (Å²) in [5, 5.41) is 28.8. The van der Waals surface area contributed by atoms with E-state index in [-0.39, 0.29) is 40.8 Å². The van der Waals surface area contributed by atoms with Crippen molar-refractivity contribution in [2.24, 2.45) is 0 Å². The molecule has 25 heavy (non-hydrogen) atoms. The Morgan fingerprint density at radius 1 is 1.08 bits per heavy atom. The molecule has 1 atom stereocenters. The predicted octanol–water partition coefficient (Wildman–Crippen LogP) is 3.93. The first-order valence-electron chi connectivity index (χ1n) is 8.03. The van der Waals surface area contributed by atoms with Crippen molar-refractivity contribution in [1.29, 1.82) is 0 Å². The van der Waals surface area contributed by atoms with E-state index in [0.29, 0.717) is 11.3 Å². The van der Waals surface area contributed by atoms with Crippen LogP contribution >= 0.6 is 0 Å². The normalized spacial score (nSPS) is 15.5. The minimum atomic E-state index is -0.613. The Morgan fingerprint density at radius 3 is 2.36 bits per heavy atom. The number of benzene rings is 2. The van der Waals surface area contributed by atoms with Gasteiger partial charge < -0.3 is 24.8 Å². The molecule has 0 aliphatic carbocycles. The molecule has 1 unspecified atom stereocenters. The maximum atomic E-state index is 12.2. The van der Waals surface area contributed by atoms with Crippen LogP contribution in [0.5, 0.6) is 28.7 Å². The van der Waals surface area contributed by atoms with Gasteiger partial charge >= 0.3 is 0 Å². The molecule has 0 amide bonds. The molecule has 2 aromatic rings. The summed E-state index contributed by atoms with van der Waals surface area (Å²) in [7, 11) is 1.45. The monoisotopic (exact) mass is 346 g/mol. The van der Waals surface area contributed by atoms with E-state index in [1.165, 1.54) is 37.8 Å². The molecule has 0 fully saturated rings. The van der Waals surface area contributed by atoms with E-state index in [9.17, 15) is 20.1 Å². The number of rotatable bonds is 2. The third-order valence-electron chi connectivity index (χ3n) is 3.58. The van der Waals surface area contributed by atoms with Crippen LogP contribution in [0.25, 0.3) is 0 Å². The Kier molecular flexibility index (Phi) is 5.75. The number of hydrogen-bond donors (Lipinski definition) is 3. The highest BCUT2D eigenvalue weighted by Gasteiger charge is 2.31. The minimum Gasteiger partial charge on any atom is -0.507 e. The molecule has 1 aliphatic rings. The summed E-state index contributed by atoms with van der Waals surface area (Å²) in [4.78, 5) is 12.2. The fourth-order valence-electron chi connectivity index (χ4n) is 2.46. The largest absolute Gasteiger partial charge is 0.507 e. The number of ether oxygens (including phenoxy) is 2. The van der Waals surface area contributed by atoms with Gasteiger partial charge in [0, 0.05) is 12.1 Å². The molecule has 0 bridgehead atoms. The molecule has 2 aromatic carbocycles. The highest BCUT2D eigenvalue weighted by Crippen LogP contribution is 2.42. The summed E-state index contributed by atoms with van der Waals surface area (Å²) >= 11 is 0. The summed E-state index contributed by atoms with van der Waals surface area (Å²) in [6.45, 7) is 4.25. The van der Waals surface area contributed by atoms with E-state index in [0.717, 1.165) is 0 Å². The molecule has 0 radical (unpaired) electrons. The molecule has 3 rings (SSSR count). The second-order valence-electron chi connectivity index (χ2n) is 5.71. The van der Waals surface area contributed by atoms with Gasteiger partial charge in [0.15, 0.2) is 17.3 Å². The van der Waals surface area contributed by atoms with Gasteiger partial charge in [0.25, 0.3) is 0 Å². The van der Waals surface area contributed by atoms with Gasteiger partial charge in [-0.2, -0.15) is 0 Å². The molecule has 1 heterocycles. The summed E-state index contributed by atoms with van der Waals surface area (Å²) in [5.41, 5.74) is 0.677. The Bertz CT molecular complexity index is 769. The molecule has 134 valence electrons. The zero-order valence-electron chi connectivity index (χ0n) is 14.4. The van der Waals surface area contributed by atoms with Gasteiger partial charge in [0.1, 0.15) is 28.9 Å². The third kappa shape index (κ3) is 3.96. The van der Waals surface area contributed by atoms with E-state index in [1.54, 1.807) is 6.07 Å². The van der Waals surface area contributed by atoms with E-state index >= 15 is 0 Å². The van der Waals surface area contributed by atoms with Crippen molar-refractivity contribution in [2.45, 2.75) is 32.8 Å². The summed E-state index contributed by atoms with van der Waals surface area (Å²) in [6.07, 6.45) is 0.662. The lowest BCUT2D eigenvalue weighted by atomic mass is 9.95. The average molecular weight is 346 g/mol. The van der Waals surface area contributed by atoms with Crippen LogP contribution < -0.4 is 9.47 Å². The van der Waals surface area contributed by atoms with Gasteiger partial charge in [-0.1, -0.05) is 26.3 Å². The van der Waals surface area contributed by atoms with Crippen LogP contribution in [-0.4, -0.2) is 28.2 Å². The van der Waals surface area contributed by atoms with Crippen LogP contribution in [0.2, 0.25) is 0 Å². The van der Waals surface area contributed by atoms with Crippen LogP contribution in [-0.2, 0) is 0 Å². The first-order chi connectivity index (χ1) is 11.9. The lowest BCUT2D eigenvalue weighted by Gasteiger charge is -2.26. The highest BCUT2D eigenvalue weighted by molar-refractivity contribution is 6.02. The Hall–Kier alpha value is -2.89. The number of hydrogen-bond acceptors (Lipinski definition) is 6. The van der Waals surface area contributed by atoms with Gasteiger partial charge in [0.2, 0.25) is 0 Å². The number of carbonyl (C=O) groups is 1. The quantitative estimate of drug-likeness (QED) is 0.713. The molecule has 0 spiro atoms. The fraction of sp³-hybridized carbons (Fsp3) is 0.316. The van der Waals surface area contributed by atoms with E-state index < -0.39 is 6.10 Å². The lowest BCUT2D eigenvalue weighted by Crippen LogP contribution is -2.20. The third-order valence-corrected chi connectivity index (χ3v) is 3.58. The molecule has 0 saturated heterocycles. The number of carbonyl (C=O) groups excluding carboxylic acids is 1. The number of phenolic OH excluding ortho intramolecular Hbond substituents is 3. The minimum absolute atomic E-state index is 0.0249. The van der Waals surface area contributed by atoms with Gasteiger partial charge in [0.05, 0.1) is 13.5 Å². The number of aromatic hydroxyl groups is 3. The molecule has 1 aliphatic heterocycles. The predicted molar refractivity (Wildman–Crippen MR) is 92.7 cm³/mol. The molecule has 0 saturated carbocycles. The number of methoxy groups -OCH3 is 1. The van der Waals surface area contributed by atoms with Crippen LogP contribution in [0.4, 0.5) is 0 Å². The van der Waals surface area contributed by atoms with Gasteiger partial charge in [-0.15, -0.1) is 0 Å². The first kappa shape index (κ1) is 18.4. The Balaban J connectivity index is 0.000000701. The maximum Gasteiger partial charge on any atom is 0.174 e. The Labute approximate surface area is 146 Å². The van der Waals surface area contributed by atoms with Gasteiger partial charge in [-0.3, -0.25) is 4.79 Å². The first-order valence-corrected chi connectivity index (χ1v) is 8.03. The Morgan fingerprint density at radius 2 is 1.76 bits per heavy atom. The summed E-state index contributed by atoms with van der Waals surface area (Å²) in [6, 6.07) is 7.12. The van der Waals surface area contributed by atoms with Crippen molar-refractivity contribution >= 4 is 5.78 Å². The van der Waals surface area contributed by atoms with Crippen LogP contribution in [0.3, 0.4) is 0 Å². The standard InChI is InChI=1S/C16H14O6.C3H8/c1-21-9-5-12(19)16-13(20)7-14(22-15(16)6-9)8-2-3-10(17)11(18)4-8;1-3-2/h2-6,14,17-19H,7H2,1H3;3H2,1-2H3.